The maximum atomic E-state index is 4.77. The van der Waals surface area contributed by atoms with Gasteiger partial charge in [-0.2, -0.15) is 0 Å². The topological polar surface area (TPSA) is 12.4 Å². The Hall–Kier alpha value is -1.98. The fourth-order valence-electron chi connectivity index (χ4n) is 3.35. The van der Waals surface area contributed by atoms with Crippen molar-refractivity contribution in [2.75, 3.05) is 13.2 Å². The van der Waals surface area contributed by atoms with Gasteiger partial charge in [-0.3, -0.25) is 4.99 Å². The van der Waals surface area contributed by atoms with Crippen LogP contribution in [-0.4, -0.2) is 18.9 Å². The van der Waals surface area contributed by atoms with Gasteiger partial charge in [-0.15, -0.1) is 0 Å². The lowest BCUT2D eigenvalue weighted by Crippen LogP contribution is -2.00. The minimum atomic E-state index is 0.573. The summed E-state index contributed by atoms with van der Waals surface area (Å²) in [7, 11) is 0.877. The minimum Gasteiger partial charge on any atom is -0.294 e. The van der Waals surface area contributed by atoms with Gasteiger partial charge in [0.05, 0.1) is 0 Å². The van der Waals surface area contributed by atoms with Gasteiger partial charge in [0.2, 0.25) is 0 Å². The van der Waals surface area contributed by atoms with E-state index in [1.165, 1.54) is 27.7 Å². The molecule has 0 spiro atoms. The molecule has 3 rings (SSSR count). The van der Waals surface area contributed by atoms with Crippen LogP contribution in [0.25, 0.3) is 0 Å². The third-order valence-electron chi connectivity index (χ3n) is 5.12. The Kier molecular flexibility index (Phi) is 7.60. The quantitative estimate of drug-likeness (QED) is 0.403. The largest absolute Gasteiger partial charge is 0.294 e. The van der Waals surface area contributed by atoms with E-state index in [9.17, 15) is 0 Å². The number of benzene rings is 2. The summed E-state index contributed by atoms with van der Waals surface area (Å²) in [6.45, 7) is 5.27. The fraction of sp³-hybridized carbons (Fsp3) is 0.320. The van der Waals surface area contributed by atoms with Crippen molar-refractivity contribution in [3.8, 4) is 0 Å². The highest BCUT2D eigenvalue weighted by molar-refractivity contribution is 7.46. The molecule has 140 valence electrons. The molecule has 1 aliphatic carbocycles. The molecular weight excluding hydrogens is 345 g/mol. The first-order chi connectivity index (χ1) is 13.2. The molecule has 0 saturated heterocycles. The van der Waals surface area contributed by atoms with E-state index in [0.717, 1.165) is 40.8 Å². The van der Waals surface area contributed by atoms with E-state index in [1.54, 1.807) is 0 Å². The average molecular weight is 375 g/mol. The van der Waals surface area contributed by atoms with Crippen LogP contribution in [0.4, 0.5) is 0 Å². The summed E-state index contributed by atoms with van der Waals surface area (Å²) >= 11 is 0. The molecule has 1 nitrogen and oxygen atoms in total. The van der Waals surface area contributed by atoms with E-state index in [2.05, 4.69) is 86.4 Å². The molecule has 0 N–H and O–H groups in total. The summed E-state index contributed by atoms with van der Waals surface area (Å²) in [4.78, 5) is 4.77. The first kappa shape index (κ1) is 19.8. The highest BCUT2D eigenvalue weighted by Crippen LogP contribution is 2.17. The second kappa shape index (κ2) is 10.4. The van der Waals surface area contributed by atoms with E-state index >= 15 is 0 Å². The predicted molar refractivity (Wildman–Crippen MR) is 122 cm³/mol. The molecule has 0 saturated carbocycles. The maximum absolute atomic E-state index is 4.77. The van der Waals surface area contributed by atoms with Crippen LogP contribution in [0.2, 0.25) is 0 Å². The lowest BCUT2D eigenvalue weighted by molar-refractivity contribution is 0.815. The zero-order chi connectivity index (χ0) is 18.9. The number of hydrogen-bond donors (Lipinski definition) is 0. The zero-order valence-corrected chi connectivity index (χ0v) is 17.5. The molecule has 0 fully saturated rings. The van der Waals surface area contributed by atoms with Gasteiger partial charge in [0.25, 0.3) is 0 Å². The molecule has 2 heteroatoms. The van der Waals surface area contributed by atoms with E-state index in [-0.39, 0.29) is 0 Å². The summed E-state index contributed by atoms with van der Waals surface area (Å²) in [5, 5.41) is 1.43. The predicted octanol–water partition coefficient (Wildman–Crippen LogP) is 5.54. The molecule has 1 atom stereocenters. The number of aliphatic imine (C=N–C) groups is 1. The summed E-state index contributed by atoms with van der Waals surface area (Å²) in [5.41, 5.74) is 5.46. The highest BCUT2D eigenvalue weighted by atomic mass is 31.1. The smallest absolute Gasteiger partial charge is 0.0428 e. The van der Waals surface area contributed by atoms with Crippen molar-refractivity contribution in [2.24, 2.45) is 10.9 Å². The summed E-state index contributed by atoms with van der Waals surface area (Å²) < 4.78 is 0. The van der Waals surface area contributed by atoms with Gasteiger partial charge < -0.3 is 0 Å². The first-order valence-corrected chi connectivity index (χ1v) is 11.4. The van der Waals surface area contributed by atoms with Crippen LogP contribution in [0.1, 0.15) is 30.0 Å². The van der Waals surface area contributed by atoms with Gasteiger partial charge in [0.15, 0.2) is 0 Å². The second-order valence-electron chi connectivity index (χ2n) is 7.27. The molecule has 0 aliphatic heterocycles. The standard InChI is InChI=1S/C25H30NP/c1-20(26-18-17-22-13-15-25(27-2)16-14-22)7-8-21-9-11-24(12-10-21)19-23-5-3-4-6-23/h3-6,9-16,23,27H,7-8,17-19H2,1-2H3. The van der Waals surface area contributed by atoms with Gasteiger partial charge in [-0.25, -0.2) is 0 Å². The molecule has 1 unspecified atom stereocenters. The van der Waals surface area contributed by atoms with Crippen molar-refractivity contribution in [3.05, 3.63) is 89.5 Å². The van der Waals surface area contributed by atoms with Crippen LogP contribution in [0, 0.1) is 5.92 Å². The first-order valence-electron chi connectivity index (χ1n) is 9.92. The number of hydrogen-bond acceptors (Lipinski definition) is 1. The van der Waals surface area contributed by atoms with Crippen molar-refractivity contribution >= 4 is 19.6 Å². The molecule has 0 heterocycles. The Labute approximate surface area is 166 Å². The lowest BCUT2D eigenvalue weighted by atomic mass is 9.98. The minimum absolute atomic E-state index is 0.573. The number of rotatable bonds is 9. The van der Waals surface area contributed by atoms with Crippen LogP contribution in [0.5, 0.6) is 0 Å². The molecule has 1 aliphatic rings. The van der Waals surface area contributed by atoms with Gasteiger partial charge in [-0.05, 0) is 67.2 Å². The third-order valence-corrected chi connectivity index (χ3v) is 6.03. The van der Waals surface area contributed by atoms with Gasteiger partial charge >= 0.3 is 0 Å². The Bertz CT molecular complexity index is 785. The summed E-state index contributed by atoms with van der Waals surface area (Å²) in [5.74, 6) is 0.573. The normalized spacial score (nSPS) is 14.7. The monoisotopic (exact) mass is 375 g/mol. The second-order valence-corrected chi connectivity index (χ2v) is 8.35. The Morgan fingerprint density at radius 3 is 2.11 bits per heavy atom. The lowest BCUT2D eigenvalue weighted by Gasteiger charge is -2.07. The molecular formula is C25H30NP. The van der Waals surface area contributed by atoms with Crippen molar-refractivity contribution in [1.82, 2.24) is 0 Å². The van der Waals surface area contributed by atoms with Gasteiger partial charge in [0.1, 0.15) is 0 Å². The molecule has 2 aromatic carbocycles. The van der Waals surface area contributed by atoms with Crippen LogP contribution in [0.15, 0.2) is 77.8 Å². The van der Waals surface area contributed by atoms with E-state index < -0.39 is 0 Å². The Balaban J connectivity index is 1.41. The summed E-state index contributed by atoms with van der Waals surface area (Å²) in [6, 6.07) is 18.1. The van der Waals surface area contributed by atoms with Crippen molar-refractivity contribution in [1.29, 1.82) is 0 Å². The average Bonchev–Trinajstić information content (AvgIpc) is 3.21. The van der Waals surface area contributed by atoms with Crippen molar-refractivity contribution < 1.29 is 0 Å². The van der Waals surface area contributed by atoms with Crippen LogP contribution < -0.4 is 5.30 Å². The molecule has 0 amide bonds. The number of allylic oxidation sites excluding steroid dienone is 4. The molecule has 27 heavy (non-hydrogen) atoms. The molecule has 0 aromatic heterocycles. The Morgan fingerprint density at radius 1 is 0.852 bits per heavy atom. The van der Waals surface area contributed by atoms with Crippen LogP contribution in [-0.2, 0) is 19.3 Å². The van der Waals surface area contributed by atoms with E-state index in [0.29, 0.717) is 5.92 Å². The van der Waals surface area contributed by atoms with Gasteiger partial charge in [-0.1, -0.05) is 81.4 Å². The molecule has 0 radical (unpaired) electrons. The third kappa shape index (κ3) is 6.60. The number of nitrogens with zero attached hydrogens (tertiary/aromatic N) is 1. The van der Waals surface area contributed by atoms with Crippen LogP contribution >= 0.6 is 8.58 Å². The van der Waals surface area contributed by atoms with Crippen molar-refractivity contribution in [2.45, 2.75) is 32.6 Å². The van der Waals surface area contributed by atoms with Crippen molar-refractivity contribution in [3.63, 3.8) is 0 Å². The summed E-state index contributed by atoms with van der Waals surface area (Å²) in [6.07, 6.45) is 13.1. The SMILES string of the molecule is CPc1ccc(CCN=C(C)CCc2ccc(CC3C=CC=C3)cc2)cc1. The van der Waals surface area contributed by atoms with Gasteiger partial charge in [0, 0.05) is 12.3 Å². The molecule has 0 bridgehead atoms. The van der Waals surface area contributed by atoms with Crippen LogP contribution in [0.3, 0.4) is 0 Å². The number of aryl methyl sites for hydroxylation is 1. The fourth-order valence-corrected chi connectivity index (χ4v) is 3.85. The Morgan fingerprint density at radius 2 is 1.44 bits per heavy atom. The maximum Gasteiger partial charge on any atom is 0.0428 e. The highest BCUT2D eigenvalue weighted by Gasteiger charge is 2.05. The van der Waals surface area contributed by atoms with E-state index in [1.807, 2.05) is 0 Å². The molecule has 2 aromatic rings. The van der Waals surface area contributed by atoms with E-state index in [4.69, 9.17) is 4.99 Å². The zero-order valence-electron chi connectivity index (χ0n) is 16.5.